The third kappa shape index (κ3) is 4.78. The number of aromatic nitrogens is 3. The molecule has 0 bridgehead atoms. The van der Waals surface area contributed by atoms with Crippen molar-refractivity contribution in [3.63, 3.8) is 0 Å². The fourth-order valence-corrected chi connectivity index (χ4v) is 3.81. The summed E-state index contributed by atoms with van der Waals surface area (Å²) in [6.45, 7) is 4.13. The summed E-state index contributed by atoms with van der Waals surface area (Å²) in [7, 11) is 0. The predicted molar refractivity (Wildman–Crippen MR) is 116 cm³/mol. The molecule has 1 aromatic carbocycles. The van der Waals surface area contributed by atoms with E-state index in [0.29, 0.717) is 30.1 Å². The molecule has 166 valence electrons. The first-order valence-electron chi connectivity index (χ1n) is 10.6. The zero-order chi connectivity index (χ0) is 22.5. The van der Waals surface area contributed by atoms with E-state index in [4.69, 9.17) is 14.4 Å². The average molecular weight is 435 g/mol. The Balaban J connectivity index is 1.53. The summed E-state index contributed by atoms with van der Waals surface area (Å²) in [5.41, 5.74) is 4.18. The zero-order valence-corrected chi connectivity index (χ0v) is 17.9. The van der Waals surface area contributed by atoms with E-state index in [1.165, 1.54) is 11.1 Å². The van der Waals surface area contributed by atoms with Gasteiger partial charge in [0.05, 0.1) is 24.9 Å². The van der Waals surface area contributed by atoms with Crippen molar-refractivity contribution in [2.75, 3.05) is 32.8 Å². The largest absolute Gasteiger partial charge is 0.477 e. The molecule has 0 amide bonds. The van der Waals surface area contributed by atoms with Crippen molar-refractivity contribution < 1.29 is 19.5 Å². The van der Waals surface area contributed by atoms with E-state index >= 15 is 0 Å². The number of fused-ring (bicyclic) bond motifs is 1. The van der Waals surface area contributed by atoms with Gasteiger partial charge in [-0.05, 0) is 43.0 Å². The van der Waals surface area contributed by atoms with E-state index in [-0.39, 0.29) is 18.4 Å². The molecule has 0 aliphatic carbocycles. The van der Waals surface area contributed by atoms with Crippen LogP contribution in [0.5, 0.6) is 5.88 Å². The van der Waals surface area contributed by atoms with Crippen LogP contribution in [0.4, 0.5) is 0 Å². The van der Waals surface area contributed by atoms with Crippen LogP contribution in [0.3, 0.4) is 0 Å². The number of ether oxygens (including phenoxy) is 1. The van der Waals surface area contributed by atoms with Crippen molar-refractivity contribution in [3.8, 4) is 34.8 Å². The van der Waals surface area contributed by atoms with Crippen LogP contribution >= 0.6 is 0 Å². The van der Waals surface area contributed by atoms with Crippen LogP contribution in [-0.4, -0.2) is 69.2 Å². The van der Waals surface area contributed by atoms with E-state index in [1.807, 2.05) is 13.0 Å². The molecule has 0 fully saturated rings. The Bertz CT molecular complexity index is 1120. The summed E-state index contributed by atoms with van der Waals surface area (Å²) in [6.07, 6.45) is 2.54. The van der Waals surface area contributed by atoms with E-state index in [1.54, 1.807) is 12.3 Å². The van der Waals surface area contributed by atoms with Crippen LogP contribution in [0.2, 0.25) is 0 Å². The number of pyridine rings is 1. The van der Waals surface area contributed by atoms with Gasteiger partial charge in [0, 0.05) is 31.4 Å². The van der Waals surface area contributed by atoms with Crippen molar-refractivity contribution in [1.82, 2.24) is 20.0 Å². The molecule has 1 unspecified atom stereocenters. The van der Waals surface area contributed by atoms with Crippen LogP contribution in [0.25, 0.3) is 22.8 Å². The number of rotatable bonds is 7. The van der Waals surface area contributed by atoms with Gasteiger partial charge in [0.15, 0.2) is 0 Å². The molecule has 1 atom stereocenters. The maximum Gasteiger partial charge on any atom is 0.259 e. The quantitative estimate of drug-likeness (QED) is 0.571. The summed E-state index contributed by atoms with van der Waals surface area (Å²) in [6, 6.07) is 9.84. The highest BCUT2D eigenvalue weighted by Crippen LogP contribution is 2.27. The molecule has 0 spiro atoms. The first-order chi connectivity index (χ1) is 15.6. The van der Waals surface area contributed by atoms with Crippen molar-refractivity contribution in [2.24, 2.45) is 0 Å². The highest BCUT2D eigenvalue weighted by atomic mass is 16.5. The van der Waals surface area contributed by atoms with E-state index in [9.17, 15) is 10.4 Å². The van der Waals surface area contributed by atoms with Crippen LogP contribution in [-0.2, 0) is 12.8 Å². The van der Waals surface area contributed by atoms with Gasteiger partial charge in [-0.3, -0.25) is 0 Å². The number of nitriles is 1. The van der Waals surface area contributed by atoms with Crippen LogP contribution in [0, 0.1) is 11.3 Å². The van der Waals surface area contributed by atoms with E-state index in [0.717, 1.165) is 31.5 Å². The number of hydrogen-bond donors (Lipinski definition) is 2. The molecule has 3 aromatic rings. The minimum Gasteiger partial charge on any atom is -0.477 e. The summed E-state index contributed by atoms with van der Waals surface area (Å²) in [4.78, 5) is 10.9. The highest BCUT2D eigenvalue weighted by molar-refractivity contribution is 5.62. The second-order valence-corrected chi connectivity index (χ2v) is 7.67. The standard InChI is InChI=1S/C23H25N5O4/c1-2-31-22-18(11-24)10-19(12-25-22)23-26-21(27-32-23)17-4-3-15-5-7-28(13-20(30)14-29)8-6-16(15)9-17/h3-4,9-10,12,20,29-30H,2,5-8,13-14H2,1H3. The molecule has 2 N–H and O–H groups in total. The number of β-amino-alcohol motifs (C(OH)–C–C–N with tert-alkyl or cyclic N) is 1. The average Bonchev–Trinajstić information content (AvgIpc) is 3.23. The Kier molecular flexibility index (Phi) is 6.75. The number of nitrogens with zero attached hydrogens (tertiary/aromatic N) is 5. The van der Waals surface area contributed by atoms with Crippen molar-refractivity contribution in [3.05, 3.63) is 47.2 Å². The van der Waals surface area contributed by atoms with Gasteiger partial charge in [0.1, 0.15) is 11.6 Å². The van der Waals surface area contributed by atoms with Gasteiger partial charge in [0.2, 0.25) is 11.7 Å². The molecule has 1 aliphatic rings. The number of hydrogen-bond acceptors (Lipinski definition) is 9. The Hall–Kier alpha value is -3.32. The SMILES string of the molecule is CCOc1ncc(-c2nc(-c3ccc4c(c3)CCN(CC(O)CO)CC4)no2)cc1C#N. The number of benzene rings is 1. The Morgan fingerprint density at radius 2 is 2.03 bits per heavy atom. The minimum absolute atomic E-state index is 0.229. The lowest BCUT2D eigenvalue weighted by Gasteiger charge is -2.21. The van der Waals surface area contributed by atoms with Gasteiger partial charge in [0.25, 0.3) is 5.89 Å². The molecule has 3 heterocycles. The van der Waals surface area contributed by atoms with Gasteiger partial charge in [-0.1, -0.05) is 17.3 Å². The van der Waals surface area contributed by atoms with Crippen molar-refractivity contribution >= 4 is 0 Å². The van der Waals surface area contributed by atoms with Gasteiger partial charge in [-0.2, -0.15) is 10.2 Å². The van der Waals surface area contributed by atoms with E-state index in [2.05, 4.69) is 38.2 Å². The first-order valence-corrected chi connectivity index (χ1v) is 10.6. The maximum absolute atomic E-state index is 9.74. The summed E-state index contributed by atoms with van der Waals surface area (Å²) in [5, 5.41) is 32.3. The molecule has 4 rings (SSSR count). The van der Waals surface area contributed by atoms with Gasteiger partial charge >= 0.3 is 0 Å². The van der Waals surface area contributed by atoms with Gasteiger partial charge in [-0.15, -0.1) is 0 Å². The fourth-order valence-electron chi connectivity index (χ4n) is 3.81. The Morgan fingerprint density at radius 1 is 1.22 bits per heavy atom. The van der Waals surface area contributed by atoms with Crippen molar-refractivity contribution in [1.29, 1.82) is 5.26 Å². The summed E-state index contributed by atoms with van der Waals surface area (Å²) in [5.74, 6) is 1.03. The smallest absolute Gasteiger partial charge is 0.259 e. The molecular weight excluding hydrogens is 410 g/mol. The predicted octanol–water partition coefficient (Wildman–Crippen LogP) is 1.82. The molecule has 9 nitrogen and oxygen atoms in total. The normalized spacial score (nSPS) is 14.9. The van der Waals surface area contributed by atoms with E-state index < -0.39 is 6.10 Å². The molecule has 0 radical (unpaired) electrons. The first kappa shape index (κ1) is 21.9. The second kappa shape index (κ2) is 9.87. The lowest BCUT2D eigenvalue weighted by molar-refractivity contribution is 0.0605. The third-order valence-electron chi connectivity index (χ3n) is 5.46. The van der Waals surface area contributed by atoms with Crippen LogP contribution < -0.4 is 4.74 Å². The summed E-state index contributed by atoms with van der Waals surface area (Å²) < 4.78 is 10.8. The molecule has 9 heteroatoms. The third-order valence-corrected chi connectivity index (χ3v) is 5.46. The number of aliphatic hydroxyl groups is 2. The molecule has 2 aromatic heterocycles. The summed E-state index contributed by atoms with van der Waals surface area (Å²) >= 11 is 0. The molecule has 32 heavy (non-hydrogen) atoms. The molecule has 1 aliphatic heterocycles. The molecule has 0 saturated heterocycles. The topological polar surface area (TPSA) is 129 Å². The van der Waals surface area contributed by atoms with Gasteiger partial charge < -0.3 is 24.4 Å². The lowest BCUT2D eigenvalue weighted by Crippen LogP contribution is -2.35. The fraction of sp³-hybridized carbons (Fsp3) is 0.391. The molecule has 0 saturated carbocycles. The zero-order valence-electron chi connectivity index (χ0n) is 17.9. The Morgan fingerprint density at radius 3 is 2.78 bits per heavy atom. The monoisotopic (exact) mass is 435 g/mol. The lowest BCUT2D eigenvalue weighted by atomic mass is 10.00. The van der Waals surface area contributed by atoms with Crippen LogP contribution in [0.15, 0.2) is 35.0 Å². The molecular formula is C23H25N5O4. The number of aliphatic hydroxyl groups excluding tert-OH is 2. The second-order valence-electron chi connectivity index (χ2n) is 7.67. The minimum atomic E-state index is -0.719. The van der Waals surface area contributed by atoms with Crippen molar-refractivity contribution in [2.45, 2.75) is 25.9 Å². The van der Waals surface area contributed by atoms with Crippen LogP contribution in [0.1, 0.15) is 23.6 Å². The Labute approximate surface area is 185 Å². The van der Waals surface area contributed by atoms with Gasteiger partial charge in [-0.25, -0.2) is 4.98 Å². The maximum atomic E-state index is 9.74. The highest BCUT2D eigenvalue weighted by Gasteiger charge is 2.19.